The van der Waals surface area contributed by atoms with Crippen molar-refractivity contribution in [1.82, 2.24) is 9.97 Å². The molecule has 30 heavy (non-hydrogen) atoms. The highest BCUT2D eigenvalue weighted by molar-refractivity contribution is 7.14. The Hall–Kier alpha value is -3.20. The molecule has 9 heteroatoms. The summed E-state index contributed by atoms with van der Waals surface area (Å²) >= 11 is 1.66. The molecule has 0 atom stereocenters. The molecule has 0 saturated heterocycles. The lowest BCUT2D eigenvalue weighted by atomic mass is 10.1. The van der Waals surface area contributed by atoms with Gasteiger partial charge in [-0.3, -0.25) is 10.1 Å². The van der Waals surface area contributed by atoms with Gasteiger partial charge in [0.15, 0.2) is 5.13 Å². The van der Waals surface area contributed by atoms with Crippen LogP contribution in [0.1, 0.15) is 26.7 Å². The molecule has 8 nitrogen and oxygen atoms in total. The number of rotatable bonds is 10. The topological polar surface area (TPSA) is 96.2 Å². The van der Waals surface area contributed by atoms with Gasteiger partial charge in [0.2, 0.25) is 5.82 Å². The molecule has 0 aliphatic carbocycles. The van der Waals surface area contributed by atoms with Crippen LogP contribution in [0.4, 0.5) is 28.1 Å². The third-order valence-corrected chi connectivity index (χ3v) is 5.42. The number of nitro groups is 1. The van der Waals surface area contributed by atoms with Crippen LogP contribution in [0.15, 0.2) is 41.8 Å². The fourth-order valence-electron chi connectivity index (χ4n) is 3.08. The molecule has 2 heterocycles. The molecule has 0 aliphatic rings. The first-order valence-corrected chi connectivity index (χ1v) is 10.8. The quantitative estimate of drug-likeness (QED) is 0.325. The Bertz CT molecular complexity index is 983. The second-order valence-corrected chi connectivity index (χ2v) is 7.61. The summed E-state index contributed by atoms with van der Waals surface area (Å²) in [6.07, 6.45) is 2.18. The van der Waals surface area contributed by atoms with E-state index in [1.54, 1.807) is 24.5 Å². The van der Waals surface area contributed by atoms with Gasteiger partial charge in [-0.05, 0) is 31.0 Å². The van der Waals surface area contributed by atoms with Crippen molar-refractivity contribution in [2.24, 2.45) is 0 Å². The highest BCUT2D eigenvalue weighted by Crippen LogP contribution is 2.31. The van der Waals surface area contributed by atoms with E-state index in [1.807, 2.05) is 24.3 Å². The van der Waals surface area contributed by atoms with Gasteiger partial charge in [0, 0.05) is 42.8 Å². The lowest BCUT2D eigenvalue weighted by Crippen LogP contribution is -2.24. The Kier molecular flexibility index (Phi) is 7.18. The zero-order valence-corrected chi connectivity index (χ0v) is 18.2. The van der Waals surface area contributed by atoms with Gasteiger partial charge in [0.1, 0.15) is 5.82 Å². The van der Waals surface area contributed by atoms with E-state index < -0.39 is 4.92 Å². The first-order chi connectivity index (χ1) is 14.5. The van der Waals surface area contributed by atoms with Crippen LogP contribution < -0.4 is 15.5 Å². The molecule has 2 aromatic heterocycles. The van der Waals surface area contributed by atoms with Crippen molar-refractivity contribution in [3.8, 4) is 11.3 Å². The van der Waals surface area contributed by atoms with Crippen molar-refractivity contribution in [3.05, 3.63) is 51.9 Å². The Morgan fingerprint density at radius 1 is 1.07 bits per heavy atom. The van der Waals surface area contributed by atoms with Crippen LogP contribution >= 0.6 is 11.3 Å². The lowest BCUT2D eigenvalue weighted by Gasteiger charge is -2.19. The van der Waals surface area contributed by atoms with Crippen LogP contribution in [0, 0.1) is 10.1 Å². The molecule has 0 fully saturated rings. The van der Waals surface area contributed by atoms with Gasteiger partial charge in [0.05, 0.1) is 10.6 Å². The zero-order valence-electron chi connectivity index (χ0n) is 17.4. The number of hydrogen-bond donors (Lipinski definition) is 2. The number of hydrogen-bond acceptors (Lipinski definition) is 8. The van der Waals surface area contributed by atoms with Crippen molar-refractivity contribution < 1.29 is 4.92 Å². The van der Waals surface area contributed by atoms with Crippen LogP contribution in [-0.2, 0) is 0 Å². The molecule has 0 aliphatic heterocycles. The van der Waals surface area contributed by atoms with Crippen LogP contribution in [0.2, 0.25) is 0 Å². The number of thiazole rings is 1. The number of anilines is 4. The number of nitrogens with one attached hydrogen (secondary N) is 2. The van der Waals surface area contributed by atoms with Crippen LogP contribution in [-0.4, -0.2) is 35.0 Å². The van der Waals surface area contributed by atoms with Crippen molar-refractivity contribution >= 4 is 39.5 Å². The van der Waals surface area contributed by atoms with Crippen LogP contribution in [0.5, 0.6) is 0 Å². The second kappa shape index (κ2) is 10.0. The first-order valence-electron chi connectivity index (χ1n) is 9.96. The van der Waals surface area contributed by atoms with E-state index >= 15 is 0 Å². The Morgan fingerprint density at radius 3 is 2.37 bits per heavy atom. The summed E-state index contributed by atoms with van der Waals surface area (Å²) in [6.45, 7) is 6.35. The maximum atomic E-state index is 11.3. The van der Waals surface area contributed by atoms with E-state index in [4.69, 9.17) is 4.98 Å². The summed E-state index contributed by atoms with van der Waals surface area (Å²) in [4.78, 5) is 22.2. The lowest BCUT2D eigenvalue weighted by molar-refractivity contribution is -0.384. The molecule has 3 rings (SSSR count). The van der Waals surface area contributed by atoms with Crippen molar-refractivity contribution in [2.45, 2.75) is 26.7 Å². The third kappa shape index (κ3) is 5.04. The van der Waals surface area contributed by atoms with E-state index in [0.717, 1.165) is 48.0 Å². The molecule has 0 bridgehead atoms. The largest absolute Gasteiger partial charge is 0.373 e. The summed E-state index contributed by atoms with van der Waals surface area (Å²) in [5.41, 5.74) is 2.58. The summed E-state index contributed by atoms with van der Waals surface area (Å²) in [5, 5.41) is 20.3. The normalized spacial score (nSPS) is 10.6. The maximum Gasteiger partial charge on any atom is 0.311 e. The average Bonchev–Trinajstić information content (AvgIpc) is 3.24. The van der Waals surface area contributed by atoms with Crippen LogP contribution in [0.3, 0.4) is 0 Å². The highest BCUT2D eigenvalue weighted by Gasteiger charge is 2.16. The zero-order chi connectivity index (χ0) is 21.5. The summed E-state index contributed by atoms with van der Waals surface area (Å²) in [5.74, 6) is 0.753. The molecule has 2 N–H and O–H groups in total. The minimum atomic E-state index is -0.446. The van der Waals surface area contributed by atoms with E-state index in [2.05, 4.69) is 39.7 Å². The van der Waals surface area contributed by atoms with Crippen molar-refractivity contribution in [2.75, 3.05) is 35.7 Å². The summed E-state index contributed by atoms with van der Waals surface area (Å²) < 4.78 is 0. The first kappa shape index (κ1) is 21.5. The second-order valence-electron chi connectivity index (χ2n) is 6.78. The predicted octanol–water partition coefficient (Wildman–Crippen LogP) is 5.53. The summed E-state index contributed by atoms with van der Waals surface area (Å²) in [7, 11) is 1.72. The molecule has 158 valence electrons. The fourth-order valence-corrected chi connectivity index (χ4v) is 3.96. The van der Waals surface area contributed by atoms with Crippen molar-refractivity contribution in [1.29, 1.82) is 0 Å². The van der Waals surface area contributed by atoms with E-state index in [9.17, 15) is 10.1 Å². The SMILES string of the molecule is CCCN(CCC)c1nc(-c2ccc(Nc3nc(NC)ccc3[N+](=O)[O-])cc2)cs1. The fraction of sp³-hybridized carbons (Fsp3) is 0.333. The van der Waals surface area contributed by atoms with Gasteiger partial charge in [0.25, 0.3) is 0 Å². The standard InChI is InChI=1S/C21H26N6O2S/c1-4-12-26(13-5-2)21-24-17(14-30-21)15-6-8-16(9-7-15)23-20-18(27(28)29)10-11-19(22-3)25-20/h6-11,14H,4-5,12-13H2,1-3H3,(H2,22,23,25). The Labute approximate surface area is 180 Å². The smallest absolute Gasteiger partial charge is 0.311 e. The predicted molar refractivity (Wildman–Crippen MR) is 124 cm³/mol. The van der Waals surface area contributed by atoms with E-state index in [1.165, 1.54) is 6.07 Å². The van der Waals surface area contributed by atoms with Crippen molar-refractivity contribution in [3.63, 3.8) is 0 Å². The van der Waals surface area contributed by atoms with E-state index in [0.29, 0.717) is 5.82 Å². The van der Waals surface area contributed by atoms with Gasteiger partial charge in [-0.2, -0.15) is 0 Å². The summed E-state index contributed by atoms with van der Waals surface area (Å²) in [6, 6.07) is 10.7. The Morgan fingerprint density at radius 2 is 1.77 bits per heavy atom. The molecule has 0 spiro atoms. The van der Waals surface area contributed by atoms with Gasteiger partial charge in [-0.1, -0.05) is 26.0 Å². The van der Waals surface area contributed by atoms with Gasteiger partial charge < -0.3 is 15.5 Å². The average molecular weight is 427 g/mol. The number of pyridine rings is 1. The highest BCUT2D eigenvalue weighted by atomic mass is 32.1. The molecule has 0 saturated carbocycles. The molecule has 1 aromatic carbocycles. The molecule has 0 unspecified atom stereocenters. The van der Waals surface area contributed by atoms with E-state index in [-0.39, 0.29) is 11.5 Å². The molecule has 0 amide bonds. The molecule has 0 radical (unpaired) electrons. The third-order valence-electron chi connectivity index (χ3n) is 4.52. The minimum absolute atomic E-state index is 0.0749. The monoisotopic (exact) mass is 426 g/mol. The minimum Gasteiger partial charge on any atom is -0.373 e. The van der Waals surface area contributed by atoms with Gasteiger partial charge in [-0.25, -0.2) is 9.97 Å². The van der Waals surface area contributed by atoms with Gasteiger partial charge in [-0.15, -0.1) is 11.3 Å². The molecular weight excluding hydrogens is 400 g/mol. The number of aromatic nitrogens is 2. The van der Waals surface area contributed by atoms with Crippen LogP contribution in [0.25, 0.3) is 11.3 Å². The molecule has 3 aromatic rings. The van der Waals surface area contributed by atoms with Gasteiger partial charge >= 0.3 is 5.69 Å². The number of nitrogens with zero attached hydrogens (tertiary/aromatic N) is 4. The molecular formula is C21H26N6O2S. The number of benzene rings is 1. The Balaban J connectivity index is 1.79. The maximum absolute atomic E-state index is 11.3.